The lowest BCUT2D eigenvalue weighted by Crippen LogP contribution is -2.24. The normalized spacial score (nSPS) is 10.8. The Morgan fingerprint density at radius 1 is 0.944 bits per heavy atom. The molecular weight excluding hydrogens is 224 g/mol. The number of hydrogen-bond donors (Lipinski definition) is 2. The van der Waals surface area contributed by atoms with E-state index in [9.17, 15) is 0 Å². The minimum absolute atomic E-state index is 0.789. The molecule has 102 valence electrons. The van der Waals surface area contributed by atoms with Crippen molar-refractivity contribution in [2.24, 2.45) is 0 Å². The molecule has 0 atom stereocenters. The van der Waals surface area contributed by atoms with Crippen LogP contribution < -0.4 is 10.6 Å². The number of benzene rings is 1. The van der Waals surface area contributed by atoms with Gasteiger partial charge >= 0.3 is 0 Å². The van der Waals surface area contributed by atoms with Crippen LogP contribution in [0.1, 0.15) is 24.5 Å². The summed E-state index contributed by atoms with van der Waals surface area (Å²) in [4.78, 5) is 0. The lowest BCUT2D eigenvalue weighted by molar-refractivity contribution is 0.199. The Labute approximate surface area is 111 Å². The molecule has 0 aromatic heterocycles. The minimum atomic E-state index is 0.789. The van der Waals surface area contributed by atoms with Gasteiger partial charge in [0.15, 0.2) is 0 Å². The Kier molecular flexibility index (Phi) is 8.47. The molecule has 3 nitrogen and oxygen atoms in total. The summed E-state index contributed by atoms with van der Waals surface area (Å²) in [7, 11) is 1.73. The summed E-state index contributed by atoms with van der Waals surface area (Å²) in [5.41, 5.74) is 2.76. The maximum absolute atomic E-state index is 4.97. The van der Waals surface area contributed by atoms with Crippen LogP contribution in [0.3, 0.4) is 0 Å². The summed E-state index contributed by atoms with van der Waals surface area (Å²) in [5.74, 6) is 0. The van der Waals surface area contributed by atoms with Gasteiger partial charge in [-0.15, -0.1) is 0 Å². The quantitative estimate of drug-likeness (QED) is 0.623. The second-order valence-electron chi connectivity index (χ2n) is 4.44. The molecule has 1 aromatic rings. The monoisotopic (exact) mass is 250 g/mol. The van der Waals surface area contributed by atoms with E-state index in [-0.39, 0.29) is 0 Å². The van der Waals surface area contributed by atoms with Crippen molar-refractivity contribution in [2.75, 3.05) is 33.4 Å². The minimum Gasteiger partial charge on any atom is -0.383 e. The van der Waals surface area contributed by atoms with Crippen molar-refractivity contribution in [2.45, 2.75) is 26.3 Å². The van der Waals surface area contributed by atoms with Gasteiger partial charge < -0.3 is 15.4 Å². The zero-order chi connectivity index (χ0) is 13.1. The van der Waals surface area contributed by atoms with E-state index in [2.05, 4.69) is 41.8 Å². The van der Waals surface area contributed by atoms with E-state index in [0.717, 1.165) is 45.6 Å². The number of aryl methyl sites for hydroxylation is 1. The maximum Gasteiger partial charge on any atom is 0.0587 e. The molecule has 18 heavy (non-hydrogen) atoms. The molecule has 0 amide bonds. The van der Waals surface area contributed by atoms with Gasteiger partial charge in [-0.3, -0.25) is 0 Å². The Morgan fingerprint density at radius 3 is 2.28 bits per heavy atom. The average molecular weight is 250 g/mol. The molecule has 0 saturated heterocycles. The first-order chi connectivity index (χ1) is 8.86. The predicted molar refractivity (Wildman–Crippen MR) is 76.9 cm³/mol. The first kappa shape index (κ1) is 15.2. The van der Waals surface area contributed by atoms with Gasteiger partial charge in [0.05, 0.1) is 6.61 Å². The van der Waals surface area contributed by atoms with Crippen LogP contribution in [0, 0.1) is 0 Å². The van der Waals surface area contributed by atoms with Crippen LogP contribution in [-0.2, 0) is 17.7 Å². The van der Waals surface area contributed by atoms with Crippen molar-refractivity contribution in [3.05, 3.63) is 35.4 Å². The van der Waals surface area contributed by atoms with E-state index in [0.29, 0.717) is 0 Å². The highest BCUT2D eigenvalue weighted by Crippen LogP contribution is 2.04. The van der Waals surface area contributed by atoms with Gasteiger partial charge in [-0.25, -0.2) is 0 Å². The van der Waals surface area contributed by atoms with E-state index in [1.54, 1.807) is 7.11 Å². The maximum atomic E-state index is 4.97. The fourth-order valence-corrected chi connectivity index (χ4v) is 1.76. The second-order valence-corrected chi connectivity index (χ2v) is 4.44. The predicted octanol–water partition coefficient (Wildman–Crippen LogP) is 1.96. The van der Waals surface area contributed by atoms with Crippen molar-refractivity contribution in [3.8, 4) is 0 Å². The molecule has 2 N–H and O–H groups in total. The van der Waals surface area contributed by atoms with Gasteiger partial charge in [0.1, 0.15) is 0 Å². The van der Waals surface area contributed by atoms with Gasteiger partial charge in [0, 0.05) is 20.2 Å². The third kappa shape index (κ3) is 6.74. The third-order valence-corrected chi connectivity index (χ3v) is 2.95. The van der Waals surface area contributed by atoms with Gasteiger partial charge in [-0.1, -0.05) is 31.2 Å². The van der Waals surface area contributed by atoms with Crippen LogP contribution in [0.25, 0.3) is 0 Å². The number of hydrogen-bond acceptors (Lipinski definition) is 3. The van der Waals surface area contributed by atoms with Crippen LogP contribution in [0.2, 0.25) is 0 Å². The molecule has 0 spiro atoms. The first-order valence-electron chi connectivity index (χ1n) is 6.85. The lowest BCUT2D eigenvalue weighted by atomic mass is 10.1. The van der Waals surface area contributed by atoms with E-state index in [1.807, 2.05) is 0 Å². The SMILES string of the molecule is CCc1ccc(CNCCCNCCOC)cc1. The fourth-order valence-electron chi connectivity index (χ4n) is 1.76. The summed E-state index contributed by atoms with van der Waals surface area (Å²) in [6, 6.07) is 8.85. The van der Waals surface area contributed by atoms with Crippen molar-refractivity contribution in [3.63, 3.8) is 0 Å². The Morgan fingerprint density at radius 2 is 1.61 bits per heavy atom. The molecule has 0 saturated carbocycles. The van der Waals surface area contributed by atoms with E-state index < -0.39 is 0 Å². The molecule has 0 aliphatic rings. The van der Waals surface area contributed by atoms with Crippen LogP contribution in [0.4, 0.5) is 0 Å². The van der Waals surface area contributed by atoms with Crippen LogP contribution >= 0.6 is 0 Å². The first-order valence-corrected chi connectivity index (χ1v) is 6.85. The highest BCUT2D eigenvalue weighted by Gasteiger charge is 1.93. The van der Waals surface area contributed by atoms with Crippen molar-refractivity contribution in [1.29, 1.82) is 0 Å². The standard InChI is InChI=1S/C15H26N2O/c1-3-14-5-7-15(8-6-14)13-17-10-4-9-16-11-12-18-2/h5-8,16-17H,3-4,9-13H2,1-2H3. The lowest BCUT2D eigenvalue weighted by Gasteiger charge is -2.07. The molecule has 1 aromatic carbocycles. The number of methoxy groups -OCH3 is 1. The van der Waals surface area contributed by atoms with Crippen LogP contribution in [-0.4, -0.2) is 33.4 Å². The molecule has 0 aliphatic carbocycles. The highest BCUT2D eigenvalue weighted by atomic mass is 16.5. The van der Waals surface area contributed by atoms with E-state index in [4.69, 9.17) is 4.74 Å². The van der Waals surface area contributed by atoms with E-state index >= 15 is 0 Å². The average Bonchev–Trinajstić information content (AvgIpc) is 2.42. The fraction of sp³-hybridized carbons (Fsp3) is 0.600. The molecule has 0 heterocycles. The largest absolute Gasteiger partial charge is 0.383 e. The van der Waals surface area contributed by atoms with Crippen molar-refractivity contribution in [1.82, 2.24) is 10.6 Å². The summed E-state index contributed by atoms with van der Waals surface area (Å²) in [6.07, 6.45) is 2.26. The number of ether oxygens (including phenoxy) is 1. The molecule has 0 aliphatic heterocycles. The smallest absolute Gasteiger partial charge is 0.0587 e. The summed E-state index contributed by atoms with van der Waals surface area (Å²) in [5, 5.41) is 6.79. The molecule has 0 bridgehead atoms. The molecular formula is C15H26N2O. The molecule has 0 radical (unpaired) electrons. The molecule has 3 heteroatoms. The Balaban J connectivity index is 2.00. The molecule has 0 fully saturated rings. The van der Waals surface area contributed by atoms with Gasteiger partial charge in [-0.2, -0.15) is 0 Å². The van der Waals surface area contributed by atoms with Crippen LogP contribution in [0.5, 0.6) is 0 Å². The zero-order valence-electron chi connectivity index (χ0n) is 11.7. The second kappa shape index (κ2) is 10.1. The molecule has 1 rings (SSSR count). The summed E-state index contributed by atoms with van der Waals surface area (Å²) >= 11 is 0. The third-order valence-electron chi connectivity index (χ3n) is 2.95. The van der Waals surface area contributed by atoms with Crippen LogP contribution in [0.15, 0.2) is 24.3 Å². The summed E-state index contributed by atoms with van der Waals surface area (Å²) in [6.45, 7) is 6.97. The molecule has 0 unspecified atom stereocenters. The van der Waals surface area contributed by atoms with Gasteiger partial charge in [-0.05, 0) is 37.1 Å². The van der Waals surface area contributed by atoms with Gasteiger partial charge in [0.25, 0.3) is 0 Å². The number of nitrogens with one attached hydrogen (secondary N) is 2. The topological polar surface area (TPSA) is 33.3 Å². The van der Waals surface area contributed by atoms with E-state index in [1.165, 1.54) is 11.1 Å². The summed E-state index contributed by atoms with van der Waals surface area (Å²) < 4.78 is 4.97. The Hall–Kier alpha value is -0.900. The Bertz CT molecular complexity index is 298. The highest BCUT2D eigenvalue weighted by molar-refractivity contribution is 5.22. The zero-order valence-corrected chi connectivity index (χ0v) is 11.7. The van der Waals surface area contributed by atoms with Gasteiger partial charge in [0.2, 0.25) is 0 Å². The van der Waals surface area contributed by atoms with Crippen molar-refractivity contribution < 1.29 is 4.74 Å². The number of rotatable bonds is 10. The van der Waals surface area contributed by atoms with Crippen molar-refractivity contribution >= 4 is 0 Å².